The molecule has 1 amide bonds. The molecule has 0 aliphatic heterocycles. The molecule has 0 saturated heterocycles. The number of para-hydroxylation sites is 3. The Hall–Kier alpha value is -3.47. The quantitative estimate of drug-likeness (QED) is 0.458. The van der Waals surface area contributed by atoms with Gasteiger partial charge in [-0.2, -0.15) is 0 Å². The molecule has 0 spiro atoms. The van der Waals surface area contributed by atoms with E-state index in [9.17, 15) is 4.79 Å². The summed E-state index contributed by atoms with van der Waals surface area (Å²) in [6, 6.07) is 20.7. The molecule has 5 nitrogen and oxygen atoms in total. The second kappa shape index (κ2) is 10.2. The zero-order valence-corrected chi connectivity index (χ0v) is 19.4. The van der Waals surface area contributed by atoms with Gasteiger partial charge < -0.3 is 19.5 Å². The molecule has 32 heavy (non-hydrogen) atoms. The lowest BCUT2D eigenvalue weighted by Gasteiger charge is -2.23. The summed E-state index contributed by atoms with van der Waals surface area (Å²) >= 11 is 0. The van der Waals surface area contributed by atoms with Crippen molar-refractivity contribution < 1.29 is 19.0 Å². The number of nitrogens with one attached hydrogen (secondary N) is 1. The summed E-state index contributed by atoms with van der Waals surface area (Å²) in [6.07, 6.45) is 0. The molecule has 168 valence electrons. The van der Waals surface area contributed by atoms with E-state index in [0.29, 0.717) is 29.4 Å². The van der Waals surface area contributed by atoms with Crippen LogP contribution in [0.3, 0.4) is 0 Å². The van der Waals surface area contributed by atoms with Crippen molar-refractivity contribution in [1.82, 2.24) is 0 Å². The summed E-state index contributed by atoms with van der Waals surface area (Å²) < 4.78 is 17.3. The van der Waals surface area contributed by atoms with Gasteiger partial charge in [0, 0.05) is 11.1 Å². The van der Waals surface area contributed by atoms with Crippen LogP contribution in [-0.4, -0.2) is 19.6 Å². The fourth-order valence-electron chi connectivity index (χ4n) is 3.45. The highest BCUT2D eigenvalue weighted by molar-refractivity contribution is 6.05. The Morgan fingerprint density at radius 2 is 1.56 bits per heavy atom. The smallest absolute Gasteiger partial charge is 0.255 e. The fourth-order valence-corrected chi connectivity index (χ4v) is 3.45. The number of ether oxygens (including phenoxy) is 3. The number of methoxy groups -OCH3 is 1. The van der Waals surface area contributed by atoms with Crippen molar-refractivity contribution in [2.45, 2.75) is 39.7 Å². The average Bonchev–Trinajstić information content (AvgIpc) is 2.78. The van der Waals surface area contributed by atoms with Crippen LogP contribution in [0.1, 0.15) is 49.2 Å². The van der Waals surface area contributed by atoms with Crippen LogP contribution >= 0.6 is 0 Å². The maximum Gasteiger partial charge on any atom is 0.255 e. The van der Waals surface area contributed by atoms with Crippen LogP contribution in [-0.2, 0) is 12.0 Å². The lowest BCUT2D eigenvalue weighted by molar-refractivity contribution is 0.102. The van der Waals surface area contributed by atoms with E-state index in [1.54, 1.807) is 25.3 Å². The van der Waals surface area contributed by atoms with Gasteiger partial charge in [0.1, 0.15) is 23.9 Å². The van der Waals surface area contributed by atoms with Crippen LogP contribution in [0.2, 0.25) is 0 Å². The monoisotopic (exact) mass is 433 g/mol. The number of hydrogen-bond acceptors (Lipinski definition) is 4. The van der Waals surface area contributed by atoms with Gasteiger partial charge in [0.15, 0.2) is 0 Å². The predicted molar refractivity (Wildman–Crippen MR) is 128 cm³/mol. The molecule has 0 saturated carbocycles. The van der Waals surface area contributed by atoms with Crippen molar-refractivity contribution in [2.75, 3.05) is 19.0 Å². The molecule has 3 rings (SSSR count). The molecule has 0 atom stereocenters. The second-order valence-electron chi connectivity index (χ2n) is 8.44. The Kier molecular flexibility index (Phi) is 7.41. The molecule has 0 aliphatic rings. The molecular formula is C27H31NO4. The maximum absolute atomic E-state index is 12.9. The van der Waals surface area contributed by atoms with Crippen molar-refractivity contribution in [3.05, 3.63) is 83.4 Å². The summed E-state index contributed by atoms with van der Waals surface area (Å²) in [5.74, 6) is 1.91. The van der Waals surface area contributed by atoms with Crippen molar-refractivity contribution in [3.8, 4) is 17.2 Å². The summed E-state index contributed by atoms with van der Waals surface area (Å²) in [5, 5.41) is 2.93. The highest BCUT2D eigenvalue weighted by Crippen LogP contribution is 2.32. The molecule has 0 aromatic heterocycles. The molecule has 1 N–H and O–H groups in total. The highest BCUT2D eigenvalue weighted by Gasteiger charge is 2.19. The lowest BCUT2D eigenvalue weighted by atomic mass is 9.86. The Balaban J connectivity index is 1.82. The molecule has 0 unspecified atom stereocenters. The van der Waals surface area contributed by atoms with Crippen molar-refractivity contribution >= 4 is 11.6 Å². The molecule has 0 heterocycles. The number of carbonyl (C=O) groups excluding carboxylic acids is 1. The average molecular weight is 434 g/mol. The van der Waals surface area contributed by atoms with E-state index < -0.39 is 0 Å². The molecule has 5 heteroatoms. The van der Waals surface area contributed by atoms with E-state index in [1.165, 1.54) is 0 Å². The van der Waals surface area contributed by atoms with Gasteiger partial charge in [-0.15, -0.1) is 0 Å². The fraction of sp³-hybridized carbons (Fsp3) is 0.296. The number of carbonyl (C=O) groups is 1. The van der Waals surface area contributed by atoms with Gasteiger partial charge in [0.05, 0.1) is 19.4 Å². The van der Waals surface area contributed by atoms with Gasteiger partial charge in [-0.3, -0.25) is 4.79 Å². The molecule has 0 radical (unpaired) electrons. The van der Waals surface area contributed by atoms with E-state index in [4.69, 9.17) is 14.2 Å². The van der Waals surface area contributed by atoms with E-state index in [-0.39, 0.29) is 17.9 Å². The van der Waals surface area contributed by atoms with Gasteiger partial charge in [-0.25, -0.2) is 0 Å². The minimum Gasteiger partial charge on any atom is -0.496 e. The van der Waals surface area contributed by atoms with Crippen LogP contribution in [0.15, 0.2) is 66.7 Å². The summed E-state index contributed by atoms with van der Waals surface area (Å²) in [4.78, 5) is 12.9. The Labute approximate surface area is 190 Å². The predicted octanol–water partition coefficient (Wildman–Crippen LogP) is 6.22. The third-order valence-corrected chi connectivity index (χ3v) is 5.06. The van der Waals surface area contributed by atoms with Crippen LogP contribution in [0.25, 0.3) is 0 Å². The normalized spacial score (nSPS) is 11.0. The first-order chi connectivity index (χ1) is 15.3. The lowest BCUT2D eigenvalue weighted by Crippen LogP contribution is -2.15. The number of benzene rings is 3. The van der Waals surface area contributed by atoms with E-state index in [2.05, 4.69) is 32.2 Å². The summed E-state index contributed by atoms with van der Waals surface area (Å²) in [7, 11) is 1.61. The third kappa shape index (κ3) is 5.61. The molecule has 3 aromatic rings. The Morgan fingerprint density at radius 3 is 2.25 bits per heavy atom. The van der Waals surface area contributed by atoms with E-state index in [1.807, 2.05) is 49.4 Å². The standard InChI is InChI=1S/C27H31NO4/c1-6-31-25-14-10-8-12-22(25)28-26(29)19-15-16-23(30-5)20(17-19)18-32-24-13-9-7-11-21(24)27(2,3)4/h7-17H,6,18H2,1-5H3,(H,28,29). The van der Waals surface area contributed by atoms with Crippen LogP contribution in [0.5, 0.6) is 17.2 Å². The third-order valence-electron chi connectivity index (χ3n) is 5.06. The molecular weight excluding hydrogens is 402 g/mol. The zero-order valence-electron chi connectivity index (χ0n) is 19.4. The minimum atomic E-state index is -0.226. The van der Waals surface area contributed by atoms with Crippen molar-refractivity contribution in [3.63, 3.8) is 0 Å². The van der Waals surface area contributed by atoms with Crippen molar-refractivity contribution in [2.24, 2.45) is 0 Å². The largest absolute Gasteiger partial charge is 0.496 e. The first kappa shape index (κ1) is 23.2. The number of hydrogen-bond donors (Lipinski definition) is 1. The summed E-state index contributed by atoms with van der Waals surface area (Å²) in [5.41, 5.74) is 3.02. The number of anilines is 1. The maximum atomic E-state index is 12.9. The topological polar surface area (TPSA) is 56.8 Å². The number of amides is 1. The van der Waals surface area contributed by atoms with Crippen LogP contribution in [0, 0.1) is 0 Å². The van der Waals surface area contributed by atoms with Crippen LogP contribution < -0.4 is 19.5 Å². The van der Waals surface area contributed by atoms with Crippen molar-refractivity contribution in [1.29, 1.82) is 0 Å². The van der Waals surface area contributed by atoms with Gasteiger partial charge in [-0.1, -0.05) is 51.1 Å². The minimum absolute atomic E-state index is 0.0453. The second-order valence-corrected chi connectivity index (χ2v) is 8.44. The zero-order chi connectivity index (χ0) is 23.1. The van der Waals surface area contributed by atoms with E-state index in [0.717, 1.165) is 16.9 Å². The number of rotatable bonds is 8. The SMILES string of the molecule is CCOc1ccccc1NC(=O)c1ccc(OC)c(COc2ccccc2C(C)(C)C)c1. The first-order valence-electron chi connectivity index (χ1n) is 10.8. The van der Waals surface area contributed by atoms with Gasteiger partial charge in [0.2, 0.25) is 0 Å². The molecule has 0 aliphatic carbocycles. The molecule has 0 bridgehead atoms. The highest BCUT2D eigenvalue weighted by atomic mass is 16.5. The van der Waals surface area contributed by atoms with Gasteiger partial charge in [0.25, 0.3) is 5.91 Å². The van der Waals surface area contributed by atoms with Gasteiger partial charge >= 0.3 is 0 Å². The van der Waals surface area contributed by atoms with E-state index >= 15 is 0 Å². The van der Waals surface area contributed by atoms with Gasteiger partial charge in [-0.05, 0) is 54.3 Å². The van der Waals surface area contributed by atoms with Crippen LogP contribution in [0.4, 0.5) is 5.69 Å². The summed E-state index contributed by atoms with van der Waals surface area (Å²) in [6.45, 7) is 9.18. The Morgan fingerprint density at radius 1 is 0.875 bits per heavy atom. The molecule has 0 fully saturated rings. The molecule has 3 aromatic carbocycles. The Bertz CT molecular complexity index is 1070. The first-order valence-corrected chi connectivity index (χ1v) is 10.8.